The Morgan fingerprint density at radius 1 is 0.380 bits per heavy atom. The molecule has 0 aliphatic rings. The van der Waals surface area contributed by atoms with Crippen molar-refractivity contribution in [2.45, 2.75) is 0 Å². The molecule has 0 atom stereocenters. The van der Waals surface area contributed by atoms with E-state index >= 15 is 0 Å². The lowest BCUT2D eigenvalue weighted by Gasteiger charge is -2.11. The predicted molar refractivity (Wildman–Crippen MR) is 203 cm³/mol. The molecule has 0 amide bonds. The fraction of sp³-hybridized carbons (Fsp3) is 0. The number of para-hydroxylation sites is 2. The third-order valence-electron chi connectivity index (χ3n) is 9.47. The van der Waals surface area contributed by atoms with E-state index in [9.17, 15) is 0 Å². The van der Waals surface area contributed by atoms with E-state index in [1.807, 2.05) is 60.7 Å². The first-order chi connectivity index (χ1) is 24.8. The Kier molecular flexibility index (Phi) is 6.42. The summed E-state index contributed by atoms with van der Waals surface area (Å²) in [5.41, 5.74) is 10.1. The van der Waals surface area contributed by atoms with E-state index in [-0.39, 0.29) is 0 Å². The van der Waals surface area contributed by atoms with Crippen molar-refractivity contribution in [3.8, 4) is 51.0 Å². The lowest BCUT2D eigenvalue weighted by Crippen LogP contribution is -2.00. The van der Waals surface area contributed by atoms with E-state index in [1.165, 1.54) is 21.8 Å². The summed E-state index contributed by atoms with van der Waals surface area (Å²) in [4.78, 5) is 15.1. The topological polar surface area (TPSA) is 56.7 Å². The van der Waals surface area contributed by atoms with Gasteiger partial charge in [-0.25, -0.2) is 15.0 Å². The Morgan fingerprint density at radius 2 is 0.920 bits per heavy atom. The van der Waals surface area contributed by atoms with Gasteiger partial charge in [-0.3, -0.25) is 0 Å². The molecule has 0 bridgehead atoms. The summed E-state index contributed by atoms with van der Waals surface area (Å²) >= 11 is 0. The van der Waals surface area contributed by atoms with Crippen LogP contribution in [-0.2, 0) is 0 Å². The maximum atomic E-state index is 6.33. The van der Waals surface area contributed by atoms with E-state index in [0.29, 0.717) is 17.5 Å². The van der Waals surface area contributed by atoms with Gasteiger partial charge in [-0.2, -0.15) is 0 Å². The number of hydrogen-bond acceptors (Lipinski definition) is 4. The Balaban J connectivity index is 1.12. The molecule has 0 fully saturated rings. The van der Waals surface area contributed by atoms with Crippen LogP contribution in [0.1, 0.15) is 0 Å². The molecule has 0 spiro atoms. The first kappa shape index (κ1) is 28.2. The molecule has 0 saturated carbocycles. The van der Waals surface area contributed by atoms with Crippen molar-refractivity contribution in [2.75, 3.05) is 0 Å². The highest BCUT2D eigenvalue weighted by atomic mass is 16.3. The van der Waals surface area contributed by atoms with E-state index in [1.54, 1.807) is 0 Å². The molecule has 5 nitrogen and oxygen atoms in total. The van der Waals surface area contributed by atoms with Gasteiger partial charge in [0.2, 0.25) is 0 Å². The Bertz CT molecular complexity index is 2800. The van der Waals surface area contributed by atoms with Gasteiger partial charge in [-0.1, -0.05) is 109 Å². The predicted octanol–water partition coefficient (Wildman–Crippen LogP) is 11.5. The minimum absolute atomic E-state index is 0.605. The van der Waals surface area contributed by atoms with Crippen LogP contribution in [0.15, 0.2) is 174 Å². The molecular formula is C45H28N4O. The van der Waals surface area contributed by atoms with Crippen molar-refractivity contribution >= 4 is 43.7 Å². The molecule has 3 heterocycles. The van der Waals surface area contributed by atoms with Crippen molar-refractivity contribution in [2.24, 2.45) is 0 Å². The summed E-state index contributed by atoms with van der Waals surface area (Å²) in [5, 5.41) is 4.57. The summed E-state index contributed by atoms with van der Waals surface area (Å²) < 4.78 is 8.65. The van der Waals surface area contributed by atoms with Gasteiger partial charge < -0.3 is 8.98 Å². The SMILES string of the molecule is c1ccc(-c2nc(-c3ccc(-n4c5ccccc5c5ccccc54)cc3)nc(-c3ccc4oc5cccc(-c6ccccc6)c5c4c3)n2)cc1. The van der Waals surface area contributed by atoms with Gasteiger partial charge in [0.25, 0.3) is 0 Å². The number of nitrogens with zero attached hydrogens (tertiary/aromatic N) is 4. The Hall–Kier alpha value is -6.85. The number of benzene rings is 7. The first-order valence-corrected chi connectivity index (χ1v) is 16.7. The second kappa shape index (κ2) is 11.4. The van der Waals surface area contributed by atoms with Gasteiger partial charge in [0, 0.05) is 43.9 Å². The third-order valence-corrected chi connectivity index (χ3v) is 9.47. The van der Waals surface area contributed by atoms with Gasteiger partial charge in [-0.15, -0.1) is 0 Å². The van der Waals surface area contributed by atoms with E-state index in [4.69, 9.17) is 19.4 Å². The normalized spacial score (nSPS) is 11.6. The lowest BCUT2D eigenvalue weighted by molar-refractivity contribution is 0.669. The van der Waals surface area contributed by atoms with Crippen molar-refractivity contribution in [3.63, 3.8) is 0 Å². The molecule has 0 saturated heterocycles. The quantitative estimate of drug-likeness (QED) is 0.188. The smallest absolute Gasteiger partial charge is 0.164 e. The monoisotopic (exact) mass is 640 g/mol. The van der Waals surface area contributed by atoms with Crippen molar-refractivity contribution < 1.29 is 4.42 Å². The van der Waals surface area contributed by atoms with Gasteiger partial charge in [-0.05, 0) is 71.8 Å². The molecule has 0 aliphatic heterocycles. The summed E-state index contributed by atoms with van der Waals surface area (Å²) in [5.74, 6) is 1.85. The molecule has 10 aromatic rings. The molecule has 0 unspecified atom stereocenters. The van der Waals surface area contributed by atoms with Gasteiger partial charge in [0.05, 0.1) is 11.0 Å². The maximum absolute atomic E-state index is 6.33. The number of fused-ring (bicyclic) bond motifs is 6. The minimum atomic E-state index is 0.605. The summed E-state index contributed by atoms with van der Waals surface area (Å²) in [7, 11) is 0. The number of furan rings is 1. The second-order valence-electron chi connectivity index (χ2n) is 12.4. The summed E-state index contributed by atoms with van der Waals surface area (Å²) in [6.07, 6.45) is 0. The minimum Gasteiger partial charge on any atom is -0.456 e. The van der Waals surface area contributed by atoms with Crippen LogP contribution in [0.5, 0.6) is 0 Å². The van der Waals surface area contributed by atoms with Crippen LogP contribution in [0.25, 0.3) is 94.7 Å². The first-order valence-electron chi connectivity index (χ1n) is 16.7. The molecule has 50 heavy (non-hydrogen) atoms. The molecule has 7 aromatic carbocycles. The zero-order chi connectivity index (χ0) is 33.0. The molecule has 0 N–H and O–H groups in total. The standard InChI is InChI=1S/C45H28N4O/c1-3-12-29(13-4-1)34-18-11-21-41-42(34)37-28-32(24-27-40(37)50-41)45-47-43(30-14-5-2-6-15-30)46-44(48-45)31-22-25-33(26-23-31)49-38-19-9-7-16-35(38)36-17-8-10-20-39(36)49/h1-28H. The summed E-state index contributed by atoms with van der Waals surface area (Å²) in [6, 6.07) is 58.6. The number of rotatable bonds is 5. The average Bonchev–Trinajstić information content (AvgIpc) is 3.74. The van der Waals surface area contributed by atoms with Crippen LogP contribution in [-0.4, -0.2) is 19.5 Å². The van der Waals surface area contributed by atoms with E-state index in [0.717, 1.165) is 55.4 Å². The van der Waals surface area contributed by atoms with Crippen LogP contribution in [0.2, 0.25) is 0 Å². The molecule has 10 rings (SSSR count). The third kappa shape index (κ3) is 4.60. The lowest BCUT2D eigenvalue weighted by atomic mass is 9.99. The van der Waals surface area contributed by atoms with Gasteiger partial charge in [0.1, 0.15) is 11.2 Å². The van der Waals surface area contributed by atoms with Gasteiger partial charge in [0.15, 0.2) is 17.5 Å². The fourth-order valence-electron chi connectivity index (χ4n) is 7.13. The molecule has 0 aliphatic carbocycles. The van der Waals surface area contributed by atoms with Crippen LogP contribution >= 0.6 is 0 Å². The van der Waals surface area contributed by atoms with Crippen LogP contribution in [0.3, 0.4) is 0 Å². The molecule has 0 radical (unpaired) electrons. The van der Waals surface area contributed by atoms with Crippen molar-refractivity contribution in [1.29, 1.82) is 0 Å². The van der Waals surface area contributed by atoms with Crippen LogP contribution < -0.4 is 0 Å². The van der Waals surface area contributed by atoms with E-state index < -0.39 is 0 Å². The highest BCUT2D eigenvalue weighted by Crippen LogP contribution is 2.39. The summed E-state index contributed by atoms with van der Waals surface area (Å²) in [6.45, 7) is 0. The molecular weight excluding hydrogens is 613 g/mol. The van der Waals surface area contributed by atoms with Gasteiger partial charge >= 0.3 is 0 Å². The molecule has 3 aromatic heterocycles. The number of hydrogen-bond donors (Lipinski definition) is 0. The van der Waals surface area contributed by atoms with Crippen molar-refractivity contribution in [3.05, 3.63) is 170 Å². The molecule has 234 valence electrons. The van der Waals surface area contributed by atoms with Crippen molar-refractivity contribution in [1.82, 2.24) is 19.5 Å². The fourth-order valence-corrected chi connectivity index (χ4v) is 7.13. The van der Waals surface area contributed by atoms with Crippen LogP contribution in [0.4, 0.5) is 0 Å². The Labute approximate surface area is 287 Å². The maximum Gasteiger partial charge on any atom is 0.164 e. The van der Waals surface area contributed by atoms with Crippen LogP contribution in [0, 0.1) is 0 Å². The second-order valence-corrected chi connectivity index (χ2v) is 12.4. The largest absolute Gasteiger partial charge is 0.456 e. The average molecular weight is 641 g/mol. The zero-order valence-electron chi connectivity index (χ0n) is 26.9. The highest BCUT2D eigenvalue weighted by Gasteiger charge is 2.17. The zero-order valence-corrected chi connectivity index (χ0v) is 26.9. The van der Waals surface area contributed by atoms with E-state index in [2.05, 4.69) is 114 Å². The molecule has 5 heteroatoms. The Morgan fingerprint density at radius 3 is 1.58 bits per heavy atom. The highest BCUT2D eigenvalue weighted by molar-refractivity contribution is 6.13. The number of aromatic nitrogens is 4.